The minimum absolute atomic E-state index is 0.0462. The van der Waals surface area contributed by atoms with Crippen molar-refractivity contribution < 1.29 is 2.74 Å². The maximum atomic E-state index is 8.30. The van der Waals surface area contributed by atoms with Crippen LogP contribution in [0.15, 0.2) is 30.3 Å². The number of benzene rings is 1. The van der Waals surface area contributed by atoms with Crippen LogP contribution >= 0.6 is 0 Å². The van der Waals surface area contributed by atoms with E-state index < -0.39 is 6.37 Å². The van der Waals surface area contributed by atoms with Crippen LogP contribution in [0.2, 0.25) is 0 Å². The van der Waals surface area contributed by atoms with Gasteiger partial charge in [0.05, 0.1) is 0 Å². The zero-order valence-electron chi connectivity index (χ0n) is 10.6. The molecule has 1 saturated carbocycles. The molecule has 1 nitrogen and oxygen atoms in total. The smallest absolute Gasteiger partial charge is 0.0319 e. The van der Waals surface area contributed by atoms with Gasteiger partial charge in [-0.05, 0) is 36.6 Å². The Bertz CT molecular complexity index is 350. The predicted octanol–water partition coefficient (Wildman–Crippen LogP) is 2.60. The highest BCUT2D eigenvalue weighted by Gasteiger charge is 2.29. The van der Waals surface area contributed by atoms with E-state index in [1.165, 1.54) is 0 Å². The van der Waals surface area contributed by atoms with Crippen LogP contribution in [0, 0.1) is 11.8 Å². The molecule has 1 heteroatoms. The molecule has 0 spiro atoms. The Morgan fingerprint density at radius 1 is 1.36 bits per heavy atom. The molecule has 1 unspecified atom stereocenters. The van der Waals surface area contributed by atoms with Crippen LogP contribution in [0.4, 0.5) is 0 Å². The Balaban J connectivity index is 2.26. The molecular weight excluding hydrogens is 170 g/mol. The largest absolute Gasteiger partial charge is 0.327 e. The first-order valence-electron chi connectivity index (χ1n) is 6.34. The van der Waals surface area contributed by atoms with E-state index in [0.29, 0.717) is 0 Å². The highest BCUT2D eigenvalue weighted by molar-refractivity contribution is 5.15. The van der Waals surface area contributed by atoms with E-state index in [1.54, 1.807) is 0 Å². The summed E-state index contributed by atoms with van der Waals surface area (Å²) in [5, 5.41) is 0. The van der Waals surface area contributed by atoms with Gasteiger partial charge in [0.15, 0.2) is 0 Å². The highest BCUT2D eigenvalue weighted by Crippen LogP contribution is 2.32. The van der Waals surface area contributed by atoms with Gasteiger partial charge in [0.2, 0.25) is 0 Å². The third-order valence-electron chi connectivity index (χ3n) is 3.25. The van der Waals surface area contributed by atoms with Gasteiger partial charge in [-0.25, -0.2) is 0 Å². The van der Waals surface area contributed by atoms with E-state index in [2.05, 4.69) is 6.92 Å². The Morgan fingerprint density at radius 2 is 2.07 bits per heavy atom. The molecule has 0 amide bonds. The molecule has 1 aromatic carbocycles. The minimum atomic E-state index is -1.26. The Labute approximate surface area is 89.1 Å². The van der Waals surface area contributed by atoms with E-state index in [9.17, 15) is 0 Å². The lowest BCUT2D eigenvalue weighted by Crippen LogP contribution is -2.25. The van der Waals surface area contributed by atoms with Crippen molar-refractivity contribution in [2.24, 2.45) is 17.6 Å². The zero-order valence-corrected chi connectivity index (χ0v) is 8.61. The van der Waals surface area contributed by atoms with Crippen molar-refractivity contribution in [2.45, 2.75) is 32.2 Å². The van der Waals surface area contributed by atoms with Crippen LogP contribution in [0.3, 0.4) is 0 Å². The first-order valence-corrected chi connectivity index (χ1v) is 5.34. The molecule has 1 aromatic rings. The summed E-state index contributed by atoms with van der Waals surface area (Å²) < 4.78 is 16.6. The third kappa shape index (κ3) is 1.98. The Morgan fingerprint density at radius 3 is 2.64 bits per heavy atom. The van der Waals surface area contributed by atoms with Crippen molar-refractivity contribution in [3.63, 3.8) is 0 Å². The van der Waals surface area contributed by atoms with Gasteiger partial charge in [0.1, 0.15) is 0 Å². The molecule has 1 aliphatic carbocycles. The van der Waals surface area contributed by atoms with Crippen molar-refractivity contribution in [1.29, 1.82) is 0 Å². The standard InChI is InChI=1S/C13H19N/c1-10-12(7-8-13(10)14)9-11-5-3-2-4-6-11/h2-6,10,12-13H,7-9,14H2,1H3/t10-,12?,13+/m1/s1/i9D2. The van der Waals surface area contributed by atoms with Gasteiger partial charge >= 0.3 is 0 Å². The molecular formula is C13H19N. The van der Waals surface area contributed by atoms with Crippen LogP contribution in [0.5, 0.6) is 0 Å². The molecule has 0 aromatic heterocycles. The average molecular weight is 191 g/mol. The Hall–Kier alpha value is -0.820. The normalized spacial score (nSPS) is 35.1. The molecule has 1 aliphatic rings. The van der Waals surface area contributed by atoms with Gasteiger partial charge in [-0.3, -0.25) is 0 Å². The van der Waals surface area contributed by atoms with E-state index in [1.807, 2.05) is 30.3 Å². The summed E-state index contributed by atoms with van der Waals surface area (Å²) in [6, 6.07) is 9.61. The van der Waals surface area contributed by atoms with E-state index in [4.69, 9.17) is 8.48 Å². The number of nitrogens with two attached hydrogens (primary N) is 1. The van der Waals surface area contributed by atoms with Gasteiger partial charge in [-0.2, -0.15) is 0 Å². The molecule has 0 aliphatic heterocycles. The van der Waals surface area contributed by atoms with Crippen molar-refractivity contribution in [2.75, 3.05) is 0 Å². The summed E-state index contributed by atoms with van der Waals surface area (Å²) >= 11 is 0. The van der Waals surface area contributed by atoms with Crippen LogP contribution in [0.25, 0.3) is 0 Å². The summed E-state index contributed by atoms with van der Waals surface area (Å²) in [6.07, 6.45) is 0.581. The summed E-state index contributed by atoms with van der Waals surface area (Å²) in [4.78, 5) is 0. The minimum Gasteiger partial charge on any atom is -0.327 e. The predicted molar refractivity (Wildman–Crippen MR) is 60.0 cm³/mol. The summed E-state index contributed by atoms with van der Waals surface area (Å²) in [7, 11) is 0. The van der Waals surface area contributed by atoms with Gasteiger partial charge in [0, 0.05) is 8.78 Å². The van der Waals surface area contributed by atoms with Gasteiger partial charge < -0.3 is 5.73 Å². The second-order valence-electron chi connectivity index (χ2n) is 4.22. The summed E-state index contributed by atoms with van der Waals surface area (Å²) in [5.41, 5.74) is 6.76. The van der Waals surface area contributed by atoms with Crippen LogP contribution in [0.1, 0.15) is 28.1 Å². The fourth-order valence-electron chi connectivity index (χ4n) is 2.15. The zero-order chi connectivity index (χ0) is 11.8. The maximum absolute atomic E-state index is 8.30. The van der Waals surface area contributed by atoms with E-state index in [0.717, 1.165) is 18.4 Å². The van der Waals surface area contributed by atoms with Crippen molar-refractivity contribution in [3.05, 3.63) is 35.9 Å². The molecule has 1 fully saturated rings. The van der Waals surface area contributed by atoms with Gasteiger partial charge in [0.25, 0.3) is 0 Å². The number of hydrogen-bond donors (Lipinski definition) is 1. The number of rotatable bonds is 2. The monoisotopic (exact) mass is 191 g/mol. The van der Waals surface area contributed by atoms with E-state index in [-0.39, 0.29) is 17.9 Å². The average Bonchev–Trinajstić information content (AvgIpc) is 2.61. The van der Waals surface area contributed by atoms with Crippen LogP contribution < -0.4 is 5.73 Å². The lowest BCUT2D eigenvalue weighted by molar-refractivity contribution is 0.390. The fourth-order valence-corrected chi connectivity index (χ4v) is 2.15. The first kappa shape index (κ1) is 7.47. The highest BCUT2D eigenvalue weighted by atomic mass is 14.7. The molecule has 76 valence electrons. The quantitative estimate of drug-likeness (QED) is 0.764. The van der Waals surface area contributed by atoms with Crippen LogP contribution in [-0.4, -0.2) is 6.04 Å². The van der Waals surface area contributed by atoms with Crippen molar-refractivity contribution in [3.8, 4) is 0 Å². The molecule has 2 N–H and O–H groups in total. The second kappa shape index (κ2) is 4.14. The lowest BCUT2D eigenvalue weighted by Gasteiger charge is -2.17. The third-order valence-corrected chi connectivity index (χ3v) is 3.25. The molecule has 14 heavy (non-hydrogen) atoms. The first-order chi connectivity index (χ1) is 7.53. The molecule has 0 heterocycles. The topological polar surface area (TPSA) is 26.0 Å². The van der Waals surface area contributed by atoms with Gasteiger partial charge in [-0.1, -0.05) is 37.3 Å². The number of hydrogen-bond acceptors (Lipinski definition) is 1. The molecule has 2 rings (SSSR count). The lowest BCUT2D eigenvalue weighted by atomic mass is 9.90. The van der Waals surface area contributed by atoms with Gasteiger partial charge in [-0.15, -0.1) is 0 Å². The summed E-state index contributed by atoms with van der Waals surface area (Å²) in [5.74, 6) is 0.306. The molecule has 0 radical (unpaired) electrons. The van der Waals surface area contributed by atoms with Crippen molar-refractivity contribution in [1.82, 2.24) is 0 Å². The van der Waals surface area contributed by atoms with Crippen molar-refractivity contribution >= 4 is 0 Å². The van der Waals surface area contributed by atoms with E-state index >= 15 is 0 Å². The second-order valence-corrected chi connectivity index (χ2v) is 4.22. The van der Waals surface area contributed by atoms with Crippen LogP contribution in [-0.2, 0) is 6.37 Å². The fraction of sp³-hybridized carbons (Fsp3) is 0.538. The SMILES string of the molecule is [2H]C([2H])(c1ccccc1)C1CC[C@H](N)[C@@H]1C. The maximum Gasteiger partial charge on any atom is 0.0319 e. The Kier molecular flexibility index (Phi) is 2.21. The molecule has 0 bridgehead atoms. The molecule has 3 atom stereocenters. The molecule has 0 saturated heterocycles. The summed E-state index contributed by atoms with van der Waals surface area (Å²) in [6.45, 7) is 2.07.